The van der Waals surface area contributed by atoms with Crippen molar-refractivity contribution < 1.29 is 19.4 Å². The summed E-state index contributed by atoms with van der Waals surface area (Å²) in [5.74, 6) is -0.574. The second-order valence-corrected chi connectivity index (χ2v) is 7.42. The highest BCUT2D eigenvalue weighted by Crippen LogP contribution is 2.29. The number of halogens is 1. The molecule has 28 heavy (non-hydrogen) atoms. The van der Waals surface area contributed by atoms with E-state index >= 15 is 0 Å². The van der Waals surface area contributed by atoms with Crippen molar-refractivity contribution in [3.63, 3.8) is 0 Å². The van der Waals surface area contributed by atoms with Gasteiger partial charge in [0.05, 0.1) is 29.1 Å². The number of benzene rings is 1. The number of thiophene rings is 1. The third-order valence-electron chi connectivity index (χ3n) is 4.18. The number of aromatic nitrogens is 1. The molecule has 0 aliphatic rings. The Morgan fingerprint density at radius 2 is 2.07 bits per heavy atom. The van der Waals surface area contributed by atoms with E-state index in [1.165, 1.54) is 7.11 Å². The Morgan fingerprint density at radius 3 is 2.71 bits per heavy atom. The van der Waals surface area contributed by atoms with Crippen molar-refractivity contribution in [2.24, 2.45) is 0 Å². The third-order valence-corrected chi connectivity index (χ3v) is 5.36. The molecule has 2 N–H and O–H groups in total. The molecule has 0 bridgehead atoms. The number of nitrogens with one attached hydrogen (secondary N) is 1. The van der Waals surface area contributed by atoms with Crippen molar-refractivity contribution >= 4 is 40.5 Å². The zero-order valence-corrected chi connectivity index (χ0v) is 16.7. The number of hydrogen-bond donors (Lipinski definition) is 2. The van der Waals surface area contributed by atoms with E-state index in [0.29, 0.717) is 22.9 Å². The molecule has 3 rings (SSSR count). The third kappa shape index (κ3) is 4.74. The molecule has 0 spiro atoms. The molecule has 1 aromatic carbocycles. The lowest BCUT2D eigenvalue weighted by Gasteiger charge is -2.13. The van der Waals surface area contributed by atoms with E-state index in [9.17, 15) is 9.59 Å². The van der Waals surface area contributed by atoms with Crippen LogP contribution in [0.5, 0.6) is 5.75 Å². The van der Waals surface area contributed by atoms with E-state index in [4.69, 9.17) is 21.4 Å². The minimum absolute atomic E-state index is 0.00357. The predicted molar refractivity (Wildman–Crippen MR) is 110 cm³/mol. The molecule has 146 valence electrons. The number of carbonyl (C=O) groups is 2. The normalized spacial score (nSPS) is 10.6. The molecule has 6 nitrogen and oxygen atoms in total. The highest BCUT2D eigenvalue weighted by Gasteiger charge is 2.15. The van der Waals surface area contributed by atoms with Crippen LogP contribution in [0.4, 0.5) is 5.69 Å². The maximum atomic E-state index is 12.6. The molecule has 3 aromatic rings. The van der Waals surface area contributed by atoms with Crippen LogP contribution in [-0.2, 0) is 22.6 Å². The largest absolute Gasteiger partial charge is 0.495 e. The predicted octanol–water partition coefficient (Wildman–Crippen LogP) is 4.53. The number of amides is 1. The number of ether oxygens (including phenoxy) is 1. The van der Waals surface area contributed by atoms with Gasteiger partial charge in [-0.25, -0.2) is 0 Å². The van der Waals surface area contributed by atoms with Gasteiger partial charge in [0.2, 0.25) is 5.91 Å². The Kier molecular flexibility index (Phi) is 6.38. The van der Waals surface area contributed by atoms with Gasteiger partial charge in [-0.3, -0.25) is 9.59 Å². The van der Waals surface area contributed by atoms with Crippen molar-refractivity contribution in [1.82, 2.24) is 4.57 Å². The molecule has 0 radical (unpaired) electrons. The van der Waals surface area contributed by atoms with Crippen molar-refractivity contribution in [2.45, 2.75) is 19.4 Å². The Bertz CT molecular complexity index is 982. The van der Waals surface area contributed by atoms with Crippen LogP contribution in [0.1, 0.15) is 12.1 Å². The number of hydrogen-bond acceptors (Lipinski definition) is 4. The number of aliphatic carboxylic acids is 1. The van der Waals surface area contributed by atoms with Crippen LogP contribution in [0.2, 0.25) is 5.02 Å². The summed E-state index contributed by atoms with van der Waals surface area (Å²) in [6.45, 7) is 0.0683. The van der Waals surface area contributed by atoms with Crippen molar-refractivity contribution in [3.05, 3.63) is 58.6 Å². The van der Waals surface area contributed by atoms with Gasteiger partial charge in [0.15, 0.2) is 0 Å². The fourth-order valence-electron chi connectivity index (χ4n) is 2.88. The van der Waals surface area contributed by atoms with Gasteiger partial charge in [-0.05, 0) is 48.2 Å². The molecule has 0 aliphatic carbocycles. The minimum Gasteiger partial charge on any atom is -0.495 e. The van der Waals surface area contributed by atoms with Crippen LogP contribution >= 0.6 is 22.9 Å². The Balaban J connectivity index is 1.81. The molecule has 1 amide bonds. The number of rotatable bonds is 8. The van der Waals surface area contributed by atoms with Gasteiger partial charge in [0, 0.05) is 11.4 Å². The van der Waals surface area contributed by atoms with Crippen LogP contribution in [0.15, 0.2) is 47.8 Å². The fraction of sp³-hybridized carbons (Fsp3) is 0.200. The smallest absolute Gasteiger partial charge is 0.303 e. The summed E-state index contributed by atoms with van der Waals surface area (Å²) in [5, 5.41) is 14.2. The van der Waals surface area contributed by atoms with Gasteiger partial charge in [-0.2, -0.15) is 0 Å². The molecule has 0 saturated heterocycles. The monoisotopic (exact) mass is 418 g/mol. The van der Waals surface area contributed by atoms with Gasteiger partial charge in [0.1, 0.15) is 12.3 Å². The molecular formula is C20H19ClN2O4S. The quantitative estimate of drug-likeness (QED) is 0.563. The van der Waals surface area contributed by atoms with Crippen molar-refractivity contribution in [2.75, 3.05) is 12.4 Å². The first-order valence-electron chi connectivity index (χ1n) is 8.55. The number of nitrogens with zero attached hydrogens (tertiary/aromatic N) is 1. The summed E-state index contributed by atoms with van der Waals surface area (Å²) in [6.07, 6.45) is 0.353. The summed E-state index contributed by atoms with van der Waals surface area (Å²) < 4.78 is 6.97. The van der Waals surface area contributed by atoms with Crippen LogP contribution in [0.3, 0.4) is 0 Å². The molecule has 0 saturated carbocycles. The van der Waals surface area contributed by atoms with Gasteiger partial charge in [-0.15, -0.1) is 11.3 Å². The number of carboxylic acid groups (broad SMARTS) is 1. The summed E-state index contributed by atoms with van der Waals surface area (Å²) in [7, 11) is 1.52. The molecule has 2 aromatic heterocycles. The number of carboxylic acids is 1. The second-order valence-electron chi connectivity index (χ2n) is 6.06. The van der Waals surface area contributed by atoms with Crippen LogP contribution in [0, 0.1) is 0 Å². The van der Waals surface area contributed by atoms with Gasteiger partial charge >= 0.3 is 5.97 Å². The van der Waals surface area contributed by atoms with Gasteiger partial charge in [0.25, 0.3) is 0 Å². The van der Waals surface area contributed by atoms with E-state index in [1.807, 2.05) is 34.2 Å². The topological polar surface area (TPSA) is 80.6 Å². The Labute approximate surface area is 171 Å². The first-order chi connectivity index (χ1) is 13.5. The maximum Gasteiger partial charge on any atom is 0.303 e. The first-order valence-corrected chi connectivity index (χ1v) is 9.81. The number of anilines is 1. The summed E-state index contributed by atoms with van der Waals surface area (Å²) >= 11 is 7.67. The minimum atomic E-state index is -0.872. The average Bonchev–Trinajstić information content (AvgIpc) is 3.30. The van der Waals surface area contributed by atoms with E-state index < -0.39 is 5.97 Å². The average molecular weight is 419 g/mol. The molecule has 8 heteroatoms. The van der Waals surface area contributed by atoms with E-state index in [2.05, 4.69) is 5.32 Å². The molecule has 2 heterocycles. The summed E-state index contributed by atoms with van der Waals surface area (Å²) in [4.78, 5) is 24.6. The number of carbonyl (C=O) groups excluding carboxylic acids is 1. The zero-order chi connectivity index (χ0) is 20.1. The Morgan fingerprint density at radius 1 is 1.25 bits per heavy atom. The maximum absolute atomic E-state index is 12.6. The number of aryl methyl sites for hydroxylation is 1. The lowest BCUT2D eigenvalue weighted by atomic mass is 10.2. The van der Waals surface area contributed by atoms with E-state index in [0.717, 1.165) is 16.3 Å². The summed E-state index contributed by atoms with van der Waals surface area (Å²) in [6, 6.07) is 12.7. The van der Waals surface area contributed by atoms with Crippen LogP contribution < -0.4 is 10.1 Å². The van der Waals surface area contributed by atoms with Crippen LogP contribution in [0.25, 0.3) is 10.6 Å². The van der Waals surface area contributed by atoms with Gasteiger partial charge in [-0.1, -0.05) is 17.7 Å². The standard InChI is InChI=1S/C20H19ClN2O4S/c1-27-17-8-4-13(11-15(17)21)22-19(24)12-23-14(6-9-20(25)26)5-7-16(23)18-3-2-10-28-18/h2-5,7-8,10-11H,6,9,12H2,1H3,(H,22,24)(H,25,26). The second kappa shape index (κ2) is 8.95. The lowest BCUT2D eigenvalue weighted by Crippen LogP contribution is -2.20. The van der Waals surface area contributed by atoms with E-state index in [-0.39, 0.29) is 18.9 Å². The van der Waals surface area contributed by atoms with Gasteiger partial charge < -0.3 is 19.7 Å². The van der Waals surface area contributed by atoms with Crippen LogP contribution in [-0.4, -0.2) is 28.7 Å². The fourth-order valence-corrected chi connectivity index (χ4v) is 3.90. The highest BCUT2D eigenvalue weighted by atomic mass is 35.5. The molecular weight excluding hydrogens is 400 g/mol. The molecule has 0 unspecified atom stereocenters. The lowest BCUT2D eigenvalue weighted by molar-refractivity contribution is -0.137. The first kappa shape index (κ1) is 20.0. The summed E-state index contributed by atoms with van der Waals surface area (Å²) in [5.41, 5.74) is 2.25. The van der Waals surface area contributed by atoms with E-state index in [1.54, 1.807) is 29.5 Å². The Hall–Kier alpha value is -2.77. The zero-order valence-electron chi connectivity index (χ0n) is 15.1. The SMILES string of the molecule is COc1ccc(NC(=O)Cn2c(CCC(=O)O)ccc2-c2cccs2)cc1Cl. The van der Waals surface area contributed by atoms with Crippen molar-refractivity contribution in [3.8, 4) is 16.3 Å². The van der Waals surface area contributed by atoms with Crippen molar-refractivity contribution in [1.29, 1.82) is 0 Å². The molecule has 0 fully saturated rings. The molecule has 0 aliphatic heterocycles. The molecule has 0 atom stereocenters. The number of methoxy groups -OCH3 is 1. The highest BCUT2D eigenvalue weighted by molar-refractivity contribution is 7.13.